The molecule has 0 bridgehead atoms. The van der Waals surface area contributed by atoms with Crippen LogP contribution in [-0.2, 0) is 5.41 Å². The summed E-state index contributed by atoms with van der Waals surface area (Å²) < 4.78 is 11.3. The second-order valence-corrected chi connectivity index (χ2v) is 9.41. The molecule has 1 aliphatic carbocycles. The molecule has 0 spiro atoms. The number of methoxy groups -OCH3 is 1. The molecule has 2 nitrogen and oxygen atoms in total. The SMILES string of the molecule is C#CC#CC#CC#CC#CC#CC#CC#CC#CC#CC#COc1ccc2c(c1)C(C)(c1ccc(Cl)cc1)c1cc(OC)ccc1-2.[HH].[HH].[HH].[HH].[HH].[HH].[HH].[HH].[HH].[HH].[HH].[HH].[HH].[HH].[HH].[HH].[HH].[HH].[HH].[HH].[HH].[HH]. The second kappa shape index (κ2) is 16.4. The molecule has 0 aliphatic heterocycles. The summed E-state index contributed by atoms with van der Waals surface area (Å²) in [7, 11) is 1.67. The molecule has 3 aromatic carbocycles. The van der Waals surface area contributed by atoms with E-state index in [0.29, 0.717) is 10.8 Å². The average molecular weight is 645 g/mol. The van der Waals surface area contributed by atoms with E-state index in [-0.39, 0.29) is 31.4 Å². The fraction of sp³-hybridized carbons (Fsp3) is 0.0698. The molecule has 3 aromatic rings. The zero-order valence-corrected chi connectivity index (χ0v) is 25.3. The van der Waals surface area contributed by atoms with Gasteiger partial charge >= 0.3 is 0 Å². The third-order valence-corrected chi connectivity index (χ3v) is 6.68. The van der Waals surface area contributed by atoms with Gasteiger partial charge in [-0.1, -0.05) is 35.9 Å². The highest BCUT2D eigenvalue weighted by molar-refractivity contribution is 6.30. The first-order chi connectivity index (χ1) is 22.6. The van der Waals surface area contributed by atoms with Gasteiger partial charge in [0.1, 0.15) is 17.6 Å². The van der Waals surface area contributed by atoms with Crippen molar-refractivity contribution in [3.8, 4) is 154 Å². The summed E-state index contributed by atoms with van der Waals surface area (Å²) in [6, 6.07) is 20.0. The molecular weight excluding hydrogens is 584 g/mol. The van der Waals surface area contributed by atoms with Gasteiger partial charge in [-0.2, -0.15) is 0 Å². The fourth-order valence-corrected chi connectivity index (χ4v) is 4.58. The Morgan fingerprint density at radius 3 is 1.43 bits per heavy atom. The highest BCUT2D eigenvalue weighted by Gasteiger charge is 2.41. The van der Waals surface area contributed by atoms with E-state index in [0.717, 1.165) is 33.6 Å². The zero-order chi connectivity index (χ0) is 32.5. The molecular formula is C43H61ClO2. The first kappa shape index (κ1) is 31.6. The van der Waals surface area contributed by atoms with E-state index in [9.17, 15) is 0 Å². The summed E-state index contributed by atoms with van der Waals surface area (Å²) in [6.07, 6.45) is 7.58. The number of halogens is 1. The van der Waals surface area contributed by atoms with Crippen molar-refractivity contribution in [1.29, 1.82) is 0 Å². The summed E-state index contributed by atoms with van der Waals surface area (Å²) in [5.74, 6) is 51.5. The highest BCUT2D eigenvalue weighted by atomic mass is 35.5. The normalized spacial score (nSPS) is 11.4. The van der Waals surface area contributed by atoms with E-state index in [1.165, 1.54) is 0 Å². The van der Waals surface area contributed by atoms with Crippen molar-refractivity contribution in [2.75, 3.05) is 7.11 Å². The molecule has 252 valence electrons. The van der Waals surface area contributed by atoms with Gasteiger partial charge in [-0.05, 0) is 119 Å². The highest BCUT2D eigenvalue weighted by Crippen LogP contribution is 2.54. The second-order valence-electron chi connectivity index (χ2n) is 8.97. The van der Waals surface area contributed by atoms with Crippen LogP contribution < -0.4 is 9.47 Å². The zero-order valence-electron chi connectivity index (χ0n) is 24.5. The van der Waals surface area contributed by atoms with Crippen LogP contribution in [-0.4, -0.2) is 7.11 Å². The Balaban J connectivity index is -0.0000000642. The van der Waals surface area contributed by atoms with E-state index >= 15 is 0 Å². The summed E-state index contributed by atoms with van der Waals surface area (Å²) in [4.78, 5) is 0. The molecule has 0 saturated heterocycles. The monoisotopic (exact) mass is 644 g/mol. The summed E-state index contributed by atoms with van der Waals surface area (Å²) >= 11 is 6.20. The molecule has 4 rings (SSSR count). The van der Waals surface area contributed by atoms with Crippen LogP contribution in [0.3, 0.4) is 0 Å². The Morgan fingerprint density at radius 2 is 0.978 bits per heavy atom. The van der Waals surface area contributed by atoms with Crippen molar-refractivity contribution in [3.63, 3.8) is 0 Å². The van der Waals surface area contributed by atoms with Crippen molar-refractivity contribution in [2.24, 2.45) is 0 Å². The molecule has 0 aromatic heterocycles. The maximum atomic E-state index is 6.20. The minimum absolute atomic E-state index is 0. The predicted molar refractivity (Wildman–Crippen MR) is 229 cm³/mol. The van der Waals surface area contributed by atoms with Gasteiger partial charge in [0, 0.05) is 113 Å². The number of terminal acetylenes is 1. The van der Waals surface area contributed by atoms with E-state index in [2.05, 4.69) is 144 Å². The molecule has 0 heterocycles. The van der Waals surface area contributed by atoms with Gasteiger partial charge in [0.15, 0.2) is 0 Å². The Bertz CT molecular complexity index is 2470. The Labute approximate surface area is 308 Å². The van der Waals surface area contributed by atoms with Crippen molar-refractivity contribution < 1.29 is 40.9 Å². The van der Waals surface area contributed by atoms with Crippen molar-refractivity contribution in [1.82, 2.24) is 0 Å². The van der Waals surface area contributed by atoms with Crippen molar-refractivity contribution >= 4 is 11.6 Å². The lowest BCUT2D eigenvalue weighted by molar-refractivity contribution is 0.414. The molecule has 0 amide bonds. The number of rotatable bonds is 3. The average Bonchev–Trinajstić information content (AvgIpc) is 3.33. The van der Waals surface area contributed by atoms with Gasteiger partial charge in [-0.3, -0.25) is 0 Å². The van der Waals surface area contributed by atoms with Gasteiger partial charge in [-0.15, -0.1) is 6.42 Å². The van der Waals surface area contributed by atoms with Crippen LogP contribution in [0, 0.1) is 131 Å². The predicted octanol–water partition coefficient (Wildman–Crippen LogP) is 11.1. The lowest BCUT2D eigenvalue weighted by atomic mass is 9.74. The van der Waals surface area contributed by atoms with E-state index in [1.807, 2.05) is 48.5 Å². The lowest BCUT2D eigenvalue weighted by Crippen LogP contribution is -2.22. The number of fused-ring (bicyclic) bond motifs is 3. The molecule has 0 saturated carbocycles. The molecule has 46 heavy (non-hydrogen) atoms. The van der Waals surface area contributed by atoms with Crippen LogP contribution in [0.5, 0.6) is 11.5 Å². The number of hydrogen-bond acceptors (Lipinski definition) is 2. The molecule has 0 N–H and O–H groups in total. The third kappa shape index (κ3) is 8.17. The first-order valence-corrected chi connectivity index (χ1v) is 13.7. The standard InChI is InChI=1S/C43H17ClO2.22H2/c1-4-5-6-7-8-9-10-11-12-13-14-15-16-17-18-19-20-21-22-23-32-46-38-29-31-40-39-30-28-37(45-3)33-41(39)43(2,42(40)34-38)35-24-26-36(44)27-25-35;;;;;;;;;;;;;;;;;;;;;;/h1,24-31,33-34H,2-3H3;22*1H. The van der Waals surface area contributed by atoms with E-state index in [4.69, 9.17) is 27.5 Å². The molecule has 1 aliphatic rings. The molecule has 1 atom stereocenters. The van der Waals surface area contributed by atoms with Crippen LogP contribution in [0.2, 0.25) is 5.02 Å². The lowest BCUT2D eigenvalue weighted by Gasteiger charge is -2.28. The van der Waals surface area contributed by atoms with Gasteiger partial charge in [0.25, 0.3) is 0 Å². The number of hydrogen-bond donors (Lipinski definition) is 0. The minimum atomic E-state index is -0.456. The van der Waals surface area contributed by atoms with Gasteiger partial charge in [-0.25, -0.2) is 0 Å². The minimum Gasteiger partial charge on any atom is -0.497 e. The molecule has 0 fully saturated rings. The topological polar surface area (TPSA) is 18.5 Å². The Kier molecular flexibility index (Phi) is 11.3. The fourth-order valence-electron chi connectivity index (χ4n) is 4.45. The number of ether oxygens (including phenoxy) is 2. The number of benzene rings is 3. The molecule has 1 unspecified atom stereocenters. The molecule has 0 radical (unpaired) electrons. The summed E-state index contributed by atoms with van der Waals surface area (Å²) in [5.41, 5.74) is 5.13. The largest absolute Gasteiger partial charge is 0.497 e. The Morgan fingerprint density at radius 1 is 0.565 bits per heavy atom. The van der Waals surface area contributed by atoms with Gasteiger partial charge in [0.2, 0.25) is 0 Å². The van der Waals surface area contributed by atoms with E-state index < -0.39 is 5.41 Å². The summed E-state index contributed by atoms with van der Waals surface area (Å²) in [5, 5.41) is 0.679. The van der Waals surface area contributed by atoms with Crippen LogP contribution in [0.4, 0.5) is 0 Å². The van der Waals surface area contributed by atoms with Crippen LogP contribution in [0.15, 0.2) is 60.7 Å². The smallest absolute Gasteiger partial charge is 0.140 e. The first-order valence-electron chi connectivity index (χ1n) is 13.3. The molecule has 3 heteroatoms. The maximum absolute atomic E-state index is 6.20. The summed E-state index contributed by atoms with van der Waals surface area (Å²) in [6.45, 7) is 2.19. The van der Waals surface area contributed by atoms with Crippen LogP contribution in [0.1, 0.15) is 55.0 Å². The van der Waals surface area contributed by atoms with Crippen molar-refractivity contribution in [3.05, 3.63) is 82.4 Å². The van der Waals surface area contributed by atoms with Gasteiger partial charge in [0.05, 0.1) is 7.11 Å². The Hall–Kier alpha value is -7.29. The van der Waals surface area contributed by atoms with E-state index in [1.54, 1.807) is 7.11 Å². The van der Waals surface area contributed by atoms with Crippen molar-refractivity contribution in [2.45, 2.75) is 12.3 Å². The third-order valence-electron chi connectivity index (χ3n) is 6.42. The van der Waals surface area contributed by atoms with Crippen LogP contribution >= 0.6 is 11.6 Å². The van der Waals surface area contributed by atoms with Crippen LogP contribution in [0.25, 0.3) is 11.1 Å². The quantitative estimate of drug-likeness (QED) is 0.264. The van der Waals surface area contributed by atoms with Gasteiger partial charge < -0.3 is 9.47 Å². The maximum Gasteiger partial charge on any atom is 0.140 e.